The van der Waals surface area contributed by atoms with Crippen LogP contribution in [0.25, 0.3) is 27.4 Å². The van der Waals surface area contributed by atoms with Gasteiger partial charge in [0.1, 0.15) is 16.8 Å². The quantitative estimate of drug-likeness (QED) is 0.196. The first kappa shape index (κ1) is 31.5. The van der Waals surface area contributed by atoms with Crippen molar-refractivity contribution in [3.05, 3.63) is 106 Å². The van der Waals surface area contributed by atoms with Crippen LogP contribution in [0.3, 0.4) is 0 Å². The molecule has 0 spiro atoms. The maximum Gasteiger partial charge on any atom is 0.256 e. The Morgan fingerprint density at radius 1 is 0.980 bits per heavy atom. The van der Waals surface area contributed by atoms with E-state index in [4.69, 9.17) is 4.74 Å². The summed E-state index contributed by atoms with van der Waals surface area (Å²) in [5.74, 6) is -0.132. The molecule has 252 valence electrons. The van der Waals surface area contributed by atoms with Crippen molar-refractivity contribution >= 4 is 33.3 Å². The molecule has 1 N–H and O–H groups in total. The number of ether oxygens (including phenoxy) is 1. The second-order valence-electron chi connectivity index (χ2n) is 13.9. The van der Waals surface area contributed by atoms with Crippen molar-refractivity contribution in [3.8, 4) is 17.2 Å². The van der Waals surface area contributed by atoms with Crippen molar-refractivity contribution in [2.75, 3.05) is 45.2 Å². The number of nitrogens with one attached hydrogen (secondary N) is 1. The fourth-order valence-electron chi connectivity index (χ4n) is 8.06. The summed E-state index contributed by atoms with van der Waals surface area (Å²) in [7, 11) is 4.03. The summed E-state index contributed by atoms with van der Waals surface area (Å²) in [6.45, 7) is 4.20. The fourth-order valence-corrected chi connectivity index (χ4v) is 8.06. The zero-order valence-corrected chi connectivity index (χ0v) is 28.1. The molecular weight excluding hydrogens is 617 g/mol. The summed E-state index contributed by atoms with van der Waals surface area (Å²) < 4.78 is 24.9. The van der Waals surface area contributed by atoms with Gasteiger partial charge in [0.05, 0.1) is 11.1 Å². The molecule has 3 aliphatic heterocycles. The Hall–Kier alpha value is -4.73. The Morgan fingerprint density at radius 3 is 2.45 bits per heavy atom. The standard InChI is InChI=1S/C40H42FN5O3/c1-43-18-8-13-29(43)14-17-42-40(48)32-25-46-34-21-27-11-6-7-12-28(27)22-35(34)49-39-36(46)31(38(32)47)23-33(41)37(39)44(2)30-15-19-45(20-16-30)24-26-9-4-3-5-10-26/h3-7,9-12,21-23,25,29-30H,8,13-20,24H2,1-2H3,(H,42,48). The number of anilines is 1. The molecule has 0 bridgehead atoms. The highest BCUT2D eigenvalue weighted by atomic mass is 19.1. The number of likely N-dealkylation sites (tertiary alicyclic amines) is 2. The van der Waals surface area contributed by atoms with Crippen molar-refractivity contribution < 1.29 is 13.9 Å². The molecule has 8 rings (SSSR count). The Bertz CT molecular complexity index is 2110. The molecule has 4 heterocycles. The lowest BCUT2D eigenvalue weighted by Crippen LogP contribution is -2.43. The van der Waals surface area contributed by atoms with E-state index < -0.39 is 17.2 Å². The number of fused-ring (bicyclic) bond motifs is 3. The molecule has 49 heavy (non-hydrogen) atoms. The lowest BCUT2D eigenvalue weighted by molar-refractivity contribution is 0.0949. The van der Waals surface area contributed by atoms with Gasteiger partial charge in [0, 0.05) is 51.5 Å². The predicted molar refractivity (Wildman–Crippen MR) is 193 cm³/mol. The molecule has 9 heteroatoms. The normalized spacial score (nSPS) is 18.1. The zero-order chi connectivity index (χ0) is 33.6. The van der Waals surface area contributed by atoms with Gasteiger partial charge in [-0.15, -0.1) is 0 Å². The van der Waals surface area contributed by atoms with Gasteiger partial charge in [-0.05, 0) is 80.2 Å². The minimum atomic E-state index is -0.536. The van der Waals surface area contributed by atoms with E-state index >= 15 is 4.39 Å². The SMILES string of the molecule is CN1CCCC1CCNC(=O)c1cn2c3c(c(N(C)C4CCN(Cc5ccccc5)CC4)c(F)cc3c1=O)Oc1cc3ccccc3cc1-2. The fraction of sp³-hybridized carbons (Fsp3) is 0.350. The van der Waals surface area contributed by atoms with Crippen molar-refractivity contribution in [2.45, 2.75) is 50.7 Å². The topological polar surface area (TPSA) is 70.1 Å². The van der Waals surface area contributed by atoms with Gasteiger partial charge in [-0.3, -0.25) is 14.5 Å². The number of nitrogens with zero attached hydrogens (tertiary/aromatic N) is 4. The molecule has 1 unspecified atom stereocenters. The molecule has 1 amide bonds. The molecule has 5 aromatic rings. The third kappa shape index (κ3) is 5.85. The van der Waals surface area contributed by atoms with Crippen molar-refractivity contribution in [3.63, 3.8) is 0 Å². The van der Waals surface area contributed by atoms with Gasteiger partial charge in [-0.1, -0.05) is 54.6 Å². The lowest BCUT2D eigenvalue weighted by atomic mass is 10.00. The van der Waals surface area contributed by atoms with Crippen LogP contribution in [0.4, 0.5) is 10.1 Å². The predicted octanol–water partition coefficient (Wildman–Crippen LogP) is 6.70. The van der Waals surface area contributed by atoms with Crippen LogP contribution in [0.5, 0.6) is 11.5 Å². The molecule has 1 atom stereocenters. The van der Waals surface area contributed by atoms with E-state index in [2.05, 4.69) is 46.4 Å². The maximum absolute atomic E-state index is 16.5. The van der Waals surface area contributed by atoms with E-state index in [1.807, 2.05) is 59.0 Å². The van der Waals surface area contributed by atoms with E-state index in [1.54, 1.807) is 6.20 Å². The van der Waals surface area contributed by atoms with Crippen molar-refractivity contribution in [1.82, 2.24) is 19.7 Å². The highest BCUT2D eigenvalue weighted by molar-refractivity contribution is 6.02. The summed E-state index contributed by atoms with van der Waals surface area (Å²) in [6, 6.07) is 24.2. The molecule has 2 fully saturated rings. The number of hydrogen-bond acceptors (Lipinski definition) is 6. The van der Waals surface area contributed by atoms with Crippen LogP contribution in [0.1, 0.15) is 48.0 Å². The number of pyridine rings is 1. The van der Waals surface area contributed by atoms with Gasteiger partial charge < -0.3 is 24.4 Å². The number of benzene rings is 4. The third-order valence-electron chi connectivity index (χ3n) is 10.9. The van der Waals surface area contributed by atoms with Crippen LogP contribution in [-0.4, -0.2) is 72.6 Å². The summed E-state index contributed by atoms with van der Waals surface area (Å²) in [5.41, 5.74) is 2.28. The van der Waals surface area contributed by atoms with Gasteiger partial charge >= 0.3 is 0 Å². The van der Waals surface area contributed by atoms with Crippen LogP contribution in [-0.2, 0) is 6.54 Å². The molecule has 0 radical (unpaired) electrons. The first-order valence-corrected chi connectivity index (χ1v) is 17.5. The van der Waals surface area contributed by atoms with E-state index in [0.29, 0.717) is 41.0 Å². The van der Waals surface area contributed by atoms with Gasteiger partial charge in [0.2, 0.25) is 5.43 Å². The molecule has 3 aliphatic rings. The van der Waals surface area contributed by atoms with Gasteiger partial charge in [-0.25, -0.2) is 4.39 Å². The number of carbonyl (C=O) groups is 1. The molecule has 0 aliphatic carbocycles. The van der Waals surface area contributed by atoms with E-state index in [9.17, 15) is 9.59 Å². The summed E-state index contributed by atoms with van der Waals surface area (Å²) in [4.78, 5) is 34.3. The second kappa shape index (κ2) is 12.9. The third-order valence-corrected chi connectivity index (χ3v) is 10.9. The summed E-state index contributed by atoms with van der Waals surface area (Å²) >= 11 is 0. The highest BCUT2D eigenvalue weighted by Gasteiger charge is 2.33. The monoisotopic (exact) mass is 659 g/mol. The van der Waals surface area contributed by atoms with Crippen LogP contribution in [0.15, 0.2) is 83.8 Å². The summed E-state index contributed by atoms with van der Waals surface area (Å²) in [5, 5.41) is 5.08. The van der Waals surface area contributed by atoms with Crippen molar-refractivity contribution in [2.24, 2.45) is 0 Å². The van der Waals surface area contributed by atoms with Crippen molar-refractivity contribution in [1.29, 1.82) is 0 Å². The highest BCUT2D eigenvalue weighted by Crippen LogP contribution is 2.48. The summed E-state index contributed by atoms with van der Waals surface area (Å²) in [6.07, 6.45) is 6.41. The molecule has 8 nitrogen and oxygen atoms in total. The van der Waals surface area contributed by atoms with Crippen LogP contribution >= 0.6 is 0 Å². The molecule has 2 saturated heterocycles. The maximum atomic E-state index is 16.5. The molecule has 0 saturated carbocycles. The largest absolute Gasteiger partial charge is 0.451 e. The Balaban J connectivity index is 1.16. The smallest absolute Gasteiger partial charge is 0.256 e. The average Bonchev–Trinajstić information content (AvgIpc) is 3.53. The zero-order valence-electron chi connectivity index (χ0n) is 28.1. The molecular formula is C40H42FN5O3. The minimum Gasteiger partial charge on any atom is -0.451 e. The average molecular weight is 660 g/mol. The van der Waals surface area contributed by atoms with E-state index in [1.165, 1.54) is 11.6 Å². The minimum absolute atomic E-state index is 0.00877. The number of rotatable bonds is 8. The van der Waals surface area contributed by atoms with Gasteiger partial charge in [-0.2, -0.15) is 0 Å². The number of hydrogen-bond donors (Lipinski definition) is 1. The Labute approximate surface area is 285 Å². The van der Waals surface area contributed by atoms with Crippen LogP contribution < -0.4 is 20.4 Å². The number of aromatic nitrogens is 1. The van der Waals surface area contributed by atoms with Crippen LogP contribution in [0, 0.1) is 5.82 Å². The van der Waals surface area contributed by atoms with E-state index in [-0.39, 0.29) is 17.0 Å². The van der Waals surface area contributed by atoms with Gasteiger partial charge in [0.25, 0.3) is 5.91 Å². The lowest BCUT2D eigenvalue weighted by Gasteiger charge is -2.39. The first-order valence-electron chi connectivity index (χ1n) is 17.5. The molecule has 4 aromatic carbocycles. The molecule has 1 aromatic heterocycles. The van der Waals surface area contributed by atoms with Crippen LogP contribution in [0.2, 0.25) is 0 Å². The number of piperidine rings is 1. The number of amides is 1. The number of halogens is 1. The van der Waals surface area contributed by atoms with E-state index in [0.717, 1.165) is 69.1 Å². The Morgan fingerprint density at radius 2 is 1.71 bits per heavy atom. The first-order chi connectivity index (χ1) is 23.9. The Kier molecular flexibility index (Phi) is 8.33. The van der Waals surface area contributed by atoms with Gasteiger partial charge in [0.15, 0.2) is 17.3 Å². The second-order valence-corrected chi connectivity index (χ2v) is 13.9. The number of carbonyl (C=O) groups excluding carboxylic acids is 1.